The van der Waals surface area contributed by atoms with Crippen molar-refractivity contribution in [3.05, 3.63) is 0 Å². The topological polar surface area (TPSA) is 21.3 Å². The molecule has 0 aliphatic heterocycles. The lowest BCUT2D eigenvalue weighted by molar-refractivity contribution is -0.0789. The zero-order valence-electron chi connectivity index (χ0n) is 11.5. The zero-order valence-corrected chi connectivity index (χ0v) is 11.5. The molecule has 0 spiro atoms. The van der Waals surface area contributed by atoms with Gasteiger partial charge < -0.3 is 10.1 Å². The molecule has 0 bridgehead atoms. The molecule has 1 N–H and O–H groups in total. The summed E-state index contributed by atoms with van der Waals surface area (Å²) in [6, 6.07) is 0.512. The SMILES string of the molecule is CCCC(C)C(NC)C1(OC)CCCCC1. The van der Waals surface area contributed by atoms with Gasteiger partial charge in [-0.2, -0.15) is 0 Å². The van der Waals surface area contributed by atoms with Crippen LogP contribution in [0.2, 0.25) is 0 Å². The van der Waals surface area contributed by atoms with Crippen LogP contribution in [0.4, 0.5) is 0 Å². The fraction of sp³-hybridized carbons (Fsp3) is 1.00. The average Bonchev–Trinajstić information content (AvgIpc) is 2.31. The van der Waals surface area contributed by atoms with E-state index in [-0.39, 0.29) is 5.60 Å². The summed E-state index contributed by atoms with van der Waals surface area (Å²) in [4.78, 5) is 0. The van der Waals surface area contributed by atoms with Crippen LogP contribution in [0, 0.1) is 5.92 Å². The summed E-state index contributed by atoms with van der Waals surface area (Å²) in [5.74, 6) is 0.702. The summed E-state index contributed by atoms with van der Waals surface area (Å²) in [7, 11) is 3.99. The first-order valence-electron chi connectivity index (χ1n) is 6.92. The lowest BCUT2D eigenvalue weighted by Gasteiger charge is -2.45. The van der Waals surface area contributed by atoms with Gasteiger partial charge in [0.1, 0.15) is 0 Å². The molecule has 1 aliphatic carbocycles. The molecular weight excluding hydrogens is 198 g/mol. The summed E-state index contributed by atoms with van der Waals surface area (Å²) in [5.41, 5.74) is 0.0988. The molecule has 0 heterocycles. The van der Waals surface area contributed by atoms with Crippen LogP contribution in [0.5, 0.6) is 0 Å². The van der Waals surface area contributed by atoms with Gasteiger partial charge in [0.15, 0.2) is 0 Å². The Morgan fingerprint density at radius 1 is 1.25 bits per heavy atom. The first kappa shape index (κ1) is 14.0. The summed E-state index contributed by atoms with van der Waals surface area (Å²) in [6.07, 6.45) is 9.03. The van der Waals surface area contributed by atoms with E-state index in [9.17, 15) is 0 Å². The molecule has 1 rings (SSSR count). The normalized spacial score (nSPS) is 24.0. The first-order valence-corrected chi connectivity index (χ1v) is 6.92. The average molecular weight is 227 g/mol. The molecule has 0 amide bonds. The smallest absolute Gasteiger partial charge is 0.0833 e. The molecule has 2 nitrogen and oxygen atoms in total. The second-order valence-electron chi connectivity index (χ2n) is 5.36. The van der Waals surface area contributed by atoms with E-state index in [4.69, 9.17) is 4.74 Å². The van der Waals surface area contributed by atoms with E-state index in [0.717, 1.165) is 0 Å². The summed E-state index contributed by atoms with van der Waals surface area (Å²) < 4.78 is 5.94. The number of hydrogen-bond donors (Lipinski definition) is 1. The molecule has 1 saturated carbocycles. The van der Waals surface area contributed by atoms with Crippen LogP contribution < -0.4 is 5.32 Å². The molecule has 0 aromatic rings. The fourth-order valence-corrected chi connectivity index (χ4v) is 3.48. The molecule has 0 aromatic carbocycles. The Morgan fingerprint density at radius 3 is 2.31 bits per heavy atom. The van der Waals surface area contributed by atoms with Gasteiger partial charge in [-0.15, -0.1) is 0 Å². The monoisotopic (exact) mass is 227 g/mol. The molecule has 0 aromatic heterocycles. The quantitative estimate of drug-likeness (QED) is 0.751. The second-order valence-corrected chi connectivity index (χ2v) is 5.36. The third kappa shape index (κ3) is 2.98. The van der Waals surface area contributed by atoms with Gasteiger partial charge >= 0.3 is 0 Å². The highest BCUT2D eigenvalue weighted by Gasteiger charge is 2.41. The molecule has 0 saturated heterocycles. The van der Waals surface area contributed by atoms with Crippen molar-refractivity contribution in [2.45, 2.75) is 70.4 Å². The van der Waals surface area contributed by atoms with E-state index >= 15 is 0 Å². The number of rotatable bonds is 6. The molecular formula is C14H29NO. The molecule has 1 fully saturated rings. The van der Waals surface area contributed by atoms with Crippen molar-refractivity contribution in [3.8, 4) is 0 Å². The van der Waals surface area contributed by atoms with Crippen molar-refractivity contribution in [1.29, 1.82) is 0 Å². The zero-order chi connectivity index (χ0) is 12.0. The molecule has 2 unspecified atom stereocenters. The van der Waals surface area contributed by atoms with E-state index in [1.54, 1.807) is 0 Å². The minimum Gasteiger partial charge on any atom is -0.377 e. The van der Waals surface area contributed by atoms with Gasteiger partial charge in [-0.3, -0.25) is 0 Å². The van der Waals surface area contributed by atoms with Crippen molar-refractivity contribution in [2.24, 2.45) is 5.92 Å². The Balaban J connectivity index is 2.72. The Bertz CT molecular complexity index is 187. The Kier molecular flexibility index (Phi) is 5.77. The van der Waals surface area contributed by atoms with Crippen LogP contribution in [0.3, 0.4) is 0 Å². The van der Waals surface area contributed by atoms with Gasteiger partial charge in [-0.1, -0.05) is 39.5 Å². The van der Waals surface area contributed by atoms with E-state index in [1.807, 2.05) is 7.11 Å². The summed E-state index contributed by atoms with van der Waals surface area (Å²) >= 11 is 0. The molecule has 2 atom stereocenters. The van der Waals surface area contributed by atoms with Crippen LogP contribution in [0.15, 0.2) is 0 Å². The van der Waals surface area contributed by atoms with Crippen LogP contribution in [-0.2, 0) is 4.74 Å². The number of ether oxygens (including phenoxy) is 1. The Labute approximate surface area is 101 Å². The number of hydrogen-bond acceptors (Lipinski definition) is 2. The predicted molar refractivity (Wildman–Crippen MR) is 69.7 cm³/mol. The largest absolute Gasteiger partial charge is 0.377 e. The maximum Gasteiger partial charge on any atom is 0.0833 e. The lowest BCUT2D eigenvalue weighted by atomic mass is 9.74. The highest BCUT2D eigenvalue weighted by molar-refractivity contribution is 4.97. The highest BCUT2D eigenvalue weighted by atomic mass is 16.5. The number of nitrogens with one attached hydrogen (secondary N) is 1. The van der Waals surface area contributed by atoms with E-state index < -0.39 is 0 Å². The van der Waals surface area contributed by atoms with E-state index in [1.165, 1.54) is 44.9 Å². The molecule has 2 heteroatoms. The lowest BCUT2D eigenvalue weighted by Crippen LogP contribution is -2.55. The number of methoxy groups -OCH3 is 1. The van der Waals surface area contributed by atoms with Gasteiger partial charge in [0, 0.05) is 13.2 Å². The van der Waals surface area contributed by atoms with Crippen LogP contribution in [-0.4, -0.2) is 25.8 Å². The van der Waals surface area contributed by atoms with Crippen molar-refractivity contribution < 1.29 is 4.74 Å². The van der Waals surface area contributed by atoms with Crippen molar-refractivity contribution >= 4 is 0 Å². The minimum atomic E-state index is 0.0988. The third-order valence-electron chi connectivity index (χ3n) is 4.30. The maximum atomic E-state index is 5.94. The number of likely N-dealkylation sites (N-methyl/N-ethyl adjacent to an activating group) is 1. The third-order valence-corrected chi connectivity index (χ3v) is 4.30. The fourth-order valence-electron chi connectivity index (χ4n) is 3.48. The van der Waals surface area contributed by atoms with Gasteiger partial charge in [0.2, 0.25) is 0 Å². The van der Waals surface area contributed by atoms with Crippen LogP contribution in [0.25, 0.3) is 0 Å². The van der Waals surface area contributed by atoms with Gasteiger partial charge in [0.25, 0.3) is 0 Å². The summed E-state index contributed by atoms with van der Waals surface area (Å²) in [6.45, 7) is 4.63. The maximum absolute atomic E-state index is 5.94. The second kappa shape index (κ2) is 6.61. The first-order chi connectivity index (χ1) is 7.70. The van der Waals surface area contributed by atoms with Crippen molar-refractivity contribution in [2.75, 3.05) is 14.2 Å². The predicted octanol–water partition coefficient (Wildman–Crippen LogP) is 3.36. The van der Waals surface area contributed by atoms with Gasteiger partial charge in [0.05, 0.1) is 5.60 Å². The van der Waals surface area contributed by atoms with E-state index in [0.29, 0.717) is 12.0 Å². The van der Waals surface area contributed by atoms with Crippen LogP contribution in [0.1, 0.15) is 58.8 Å². The summed E-state index contributed by atoms with van der Waals surface area (Å²) in [5, 5.41) is 3.52. The van der Waals surface area contributed by atoms with Crippen LogP contribution >= 0.6 is 0 Å². The highest BCUT2D eigenvalue weighted by Crippen LogP contribution is 2.37. The van der Waals surface area contributed by atoms with Gasteiger partial charge in [-0.25, -0.2) is 0 Å². The Morgan fingerprint density at radius 2 is 1.88 bits per heavy atom. The van der Waals surface area contributed by atoms with Crippen molar-refractivity contribution in [3.63, 3.8) is 0 Å². The molecule has 96 valence electrons. The van der Waals surface area contributed by atoms with Gasteiger partial charge in [-0.05, 0) is 32.2 Å². The minimum absolute atomic E-state index is 0.0988. The molecule has 0 radical (unpaired) electrons. The standard InChI is InChI=1S/C14H29NO/c1-5-9-12(2)13(15-3)14(16-4)10-7-6-8-11-14/h12-13,15H,5-11H2,1-4H3. The Hall–Kier alpha value is -0.0800. The molecule has 16 heavy (non-hydrogen) atoms. The molecule has 1 aliphatic rings. The van der Waals surface area contributed by atoms with E-state index in [2.05, 4.69) is 26.2 Å². The van der Waals surface area contributed by atoms with Crippen molar-refractivity contribution in [1.82, 2.24) is 5.32 Å².